The summed E-state index contributed by atoms with van der Waals surface area (Å²) in [5.74, 6) is -0.957. The van der Waals surface area contributed by atoms with Crippen molar-refractivity contribution < 1.29 is 9.90 Å². The van der Waals surface area contributed by atoms with Gasteiger partial charge in [-0.3, -0.25) is 4.79 Å². The molecule has 0 aromatic heterocycles. The van der Waals surface area contributed by atoms with Gasteiger partial charge in [0.2, 0.25) is 0 Å². The van der Waals surface area contributed by atoms with Crippen molar-refractivity contribution in [2.45, 2.75) is 38.6 Å². The summed E-state index contributed by atoms with van der Waals surface area (Å²) in [6.45, 7) is 6.38. The minimum absolute atomic E-state index is 0. The fourth-order valence-electron chi connectivity index (χ4n) is 1.51. The maximum atomic E-state index is 10.7. The molecule has 3 N–H and O–H groups in total. The Morgan fingerprint density at radius 1 is 1.41 bits per heavy atom. The lowest BCUT2D eigenvalue weighted by Crippen LogP contribution is -2.32. The quantitative estimate of drug-likeness (QED) is 0.874. The van der Waals surface area contributed by atoms with Gasteiger partial charge >= 0.3 is 5.97 Å². The zero-order valence-electron chi connectivity index (χ0n) is 10.4. The van der Waals surface area contributed by atoms with Crippen molar-refractivity contribution in [3.05, 3.63) is 35.4 Å². The van der Waals surface area contributed by atoms with Crippen LogP contribution >= 0.6 is 12.4 Å². The second kappa shape index (κ2) is 6.03. The summed E-state index contributed by atoms with van der Waals surface area (Å²) >= 11 is 0. The third kappa shape index (κ3) is 4.75. The first-order valence-electron chi connectivity index (χ1n) is 5.38. The van der Waals surface area contributed by atoms with Crippen LogP contribution in [0.25, 0.3) is 0 Å². The van der Waals surface area contributed by atoms with Gasteiger partial charge in [0, 0.05) is 0 Å². The predicted octanol–water partition coefficient (Wildman–Crippen LogP) is 2.36. The molecule has 17 heavy (non-hydrogen) atoms. The van der Waals surface area contributed by atoms with Gasteiger partial charge in [0.15, 0.2) is 0 Å². The van der Waals surface area contributed by atoms with Gasteiger partial charge in [0.05, 0.1) is 0 Å². The first-order chi connectivity index (χ1) is 7.30. The second-order valence-corrected chi connectivity index (χ2v) is 5.10. The van der Waals surface area contributed by atoms with E-state index in [0.717, 1.165) is 5.56 Å². The zero-order chi connectivity index (χ0) is 12.3. The third-order valence-electron chi connectivity index (χ3n) is 2.57. The summed E-state index contributed by atoms with van der Waals surface area (Å²) in [4.78, 5) is 10.7. The van der Waals surface area contributed by atoms with E-state index in [9.17, 15) is 4.79 Å². The molecule has 0 fully saturated rings. The molecule has 1 aromatic rings. The molecule has 0 aliphatic carbocycles. The highest BCUT2D eigenvalue weighted by Gasteiger charge is 2.16. The molecule has 1 unspecified atom stereocenters. The fourth-order valence-corrected chi connectivity index (χ4v) is 1.51. The molecule has 4 heteroatoms. The lowest BCUT2D eigenvalue weighted by molar-refractivity contribution is -0.138. The van der Waals surface area contributed by atoms with Crippen molar-refractivity contribution in [2.75, 3.05) is 0 Å². The van der Waals surface area contributed by atoms with Gasteiger partial charge in [-0.2, -0.15) is 0 Å². The highest BCUT2D eigenvalue weighted by Crippen LogP contribution is 2.23. The Morgan fingerprint density at radius 2 is 2.00 bits per heavy atom. The molecule has 0 saturated heterocycles. The number of hydrogen-bond acceptors (Lipinski definition) is 2. The number of carboxylic acid groups (broad SMARTS) is 1. The summed E-state index contributed by atoms with van der Waals surface area (Å²) < 4.78 is 0. The summed E-state index contributed by atoms with van der Waals surface area (Å²) in [7, 11) is 0. The molecule has 0 amide bonds. The van der Waals surface area contributed by atoms with Gasteiger partial charge in [0.25, 0.3) is 0 Å². The van der Waals surface area contributed by atoms with E-state index in [1.165, 1.54) is 5.56 Å². The average molecular weight is 258 g/mol. The smallest absolute Gasteiger partial charge is 0.320 e. The van der Waals surface area contributed by atoms with Crippen LogP contribution in [0.5, 0.6) is 0 Å². The molecule has 0 aliphatic heterocycles. The van der Waals surface area contributed by atoms with Crippen LogP contribution in [0.15, 0.2) is 24.3 Å². The number of carbonyl (C=O) groups is 1. The Balaban J connectivity index is 0.00000256. The van der Waals surface area contributed by atoms with Crippen molar-refractivity contribution >= 4 is 18.4 Å². The van der Waals surface area contributed by atoms with E-state index in [-0.39, 0.29) is 17.8 Å². The van der Waals surface area contributed by atoms with Crippen molar-refractivity contribution in [1.82, 2.24) is 0 Å². The van der Waals surface area contributed by atoms with Crippen molar-refractivity contribution in [2.24, 2.45) is 5.73 Å². The first kappa shape index (κ1) is 15.9. The average Bonchev–Trinajstić information content (AvgIpc) is 2.16. The maximum Gasteiger partial charge on any atom is 0.320 e. The SMILES string of the molecule is CC(C)(C)c1cccc(CC(N)C(=O)O)c1.Cl. The van der Waals surface area contributed by atoms with Gasteiger partial charge in [0.1, 0.15) is 6.04 Å². The van der Waals surface area contributed by atoms with Gasteiger partial charge in [-0.15, -0.1) is 12.4 Å². The standard InChI is InChI=1S/C13H19NO2.ClH/c1-13(2,3)10-6-4-5-9(7-10)8-11(14)12(15)16;/h4-7,11H,8,14H2,1-3H3,(H,15,16);1H. The molecule has 0 spiro atoms. The molecule has 0 aliphatic rings. The molecule has 0 radical (unpaired) electrons. The Hall–Kier alpha value is -1.06. The van der Waals surface area contributed by atoms with Crippen molar-refractivity contribution in [3.8, 4) is 0 Å². The van der Waals surface area contributed by atoms with Crippen molar-refractivity contribution in [3.63, 3.8) is 0 Å². The van der Waals surface area contributed by atoms with Crippen LogP contribution < -0.4 is 5.73 Å². The van der Waals surface area contributed by atoms with Crippen LogP contribution in [0, 0.1) is 0 Å². The number of hydrogen-bond donors (Lipinski definition) is 2. The summed E-state index contributed by atoms with van der Waals surface area (Å²) in [6.07, 6.45) is 0.374. The lowest BCUT2D eigenvalue weighted by atomic mass is 9.85. The molecular weight excluding hydrogens is 238 g/mol. The topological polar surface area (TPSA) is 63.3 Å². The summed E-state index contributed by atoms with van der Waals surface area (Å²) in [5, 5.41) is 8.75. The molecule has 3 nitrogen and oxygen atoms in total. The molecule has 0 bridgehead atoms. The van der Waals surface area contributed by atoms with E-state index in [1.807, 2.05) is 18.2 Å². The van der Waals surface area contributed by atoms with Crippen LogP contribution in [-0.2, 0) is 16.6 Å². The third-order valence-corrected chi connectivity index (χ3v) is 2.57. The normalized spacial score (nSPS) is 12.7. The highest BCUT2D eigenvalue weighted by molar-refractivity contribution is 5.85. The van der Waals surface area contributed by atoms with Crippen LogP contribution in [0.1, 0.15) is 31.9 Å². The van der Waals surface area contributed by atoms with E-state index in [1.54, 1.807) is 0 Å². The van der Waals surface area contributed by atoms with Gasteiger partial charge in [-0.25, -0.2) is 0 Å². The number of nitrogens with two attached hydrogens (primary N) is 1. The van der Waals surface area contributed by atoms with E-state index >= 15 is 0 Å². The molecular formula is C13H20ClNO2. The van der Waals surface area contributed by atoms with E-state index in [0.29, 0.717) is 6.42 Å². The zero-order valence-corrected chi connectivity index (χ0v) is 11.3. The van der Waals surface area contributed by atoms with Gasteiger partial charge < -0.3 is 10.8 Å². The first-order valence-corrected chi connectivity index (χ1v) is 5.38. The Kier molecular flexibility index (Phi) is 5.66. The largest absolute Gasteiger partial charge is 0.480 e. The molecule has 0 heterocycles. The van der Waals surface area contributed by atoms with E-state index in [4.69, 9.17) is 10.8 Å². The van der Waals surface area contributed by atoms with Crippen LogP contribution in [-0.4, -0.2) is 17.1 Å². The summed E-state index contributed by atoms with van der Waals surface area (Å²) in [5.41, 5.74) is 7.75. The Labute approximate surface area is 108 Å². The van der Waals surface area contributed by atoms with E-state index in [2.05, 4.69) is 26.8 Å². The van der Waals surface area contributed by atoms with E-state index < -0.39 is 12.0 Å². The number of rotatable bonds is 3. The molecule has 0 saturated carbocycles. The van der Waals surface area contributed by atoms with Gasteiger partial charge in [-0.1, -0.05) is 45.0 Å². The number of aliphatic carboxylic acids is 1. The Morgan fingerprint density at radius 3 is 2.47 bits per heavy atom. The summed E-state index contributed by atoms with van der Waals surface area (Å²) in [6, 6.07) is 7.12. The second-order valence-electron chi connectivity index (χ2n) is 5.10. The number of benzene rings is 1. The Bertz CT molecular complexity index is 385. The van der Waals surface area contributed by atoms with Crippen molar-refractivity contribution in [1.29, 1.82) is 0 Å². The lowest BCUT2D eigenvalue weighted by Gasteiger charge is -2.20. The predicted molar refractivity (Wildman–Crippen MR) is 71.7 cm³/mol. The molecule has 1 rings (SSSR count). The van der Waals surface area contributed by atoms with Crippen LogP contribution in [0.4, 0.5) is 0 Å². The monoisotopic (exact) mass is 257 g/mol. The van der Waals surface area contributed by atoms with Crippen LogP contribution in [0.3, 0.4) is 0 Å². The highest BCUT2D eigenvalue weighted by atomic mass is 35.5. The maximum absolute atomic E-state index is 10.7. The number of carboxylic acids is 1. The minimum atomic E-state index is -0.957. The molecule has 96 valence electrons. The fraction of sp³-hybridized carbons (Fsp3) is 0.462. The van der Waals surface area contributed by atoms with Gasteiger partial charge in [-0.05, 0) is 23.0 Å². The molecule has 1 atom stereocenters. The minimum Gasteiger partial charge on any atom is -0.480 e. The number of halogens is 1. The molecule has 1 aromatic carbocycles. The van der Waals surface area contributed by atoms with Crippen LogP contribution in [0.2, 0.25) is 0 Å².